The third-order valence-electron chi connectivity index (χ3n) is 1.86. The lowest BCUT2D eigenvalue weighted by atomic mass is 9.96. The number of alkyl halides is 1. The first-order valence-electron chi connectivity index (χ1n) is 4.24. The van der Waals surface area contributed by atoms with Crippen LogP contribution >= 0.6 is 0 Å². The van der Waals surface area contributed by atoms with Gasteiger partial charge in [0, 0.05) is 6.42 Å². The number of rotatable bonds is 3. The summed E-state index contributed by atoms with van der Waals surface area (Å²) in [4.78, 5) is 0. The average Bonchev–Trinajstić information content (AvgIpc) is 2.04. The molecule has 0 aliphatic carbocycles. The summed E-state index contributed by atoms with van der Waals surface area (Å²) < 4.78 is 13.6. The van der Waals surface area contributed by atoms with Crippen molar-refractivity contribution in [3.05, 3.63) is 35.9 Å². The van der Waals surface area contributed by atoms with Gasteiger partial charge in [-0.25, -0.2) is 4.39 Å². The van der Waals surface area contributed by atoms with Gasteiger partial charge in [0.2, 0.25) is 0 Å². The minimum atomic E-state index is -1.41. The summed E-state index contributed by atoms with van der Waals surface area (Å²) in [5.41, 5.74) is -0.474. The predicted molar refractivity (Wildman–Crippen MR) is 49.9 cm³/mol. The highest BCUT2D eigenvalue weighted by Crippen LogP contribution is 2.20. The lowest BCUT2D eigenvalue weighted by Gasteiger charge is -2.16. The first-order valence-corrected chi connectivity index (χ1v) is 4.24. The molecule has 0 bridgehead atoms. The number of nitriles is 1. The summed E-state index contributed by atoms with van der Waals surface area (Å²) in [6, 6.07) is 11.2. The van der Waals surface area contributed by atoms with Crippen molar-refractivity contribution in [2.24, 2.45) is 0 Å². The van der Waals surface area contributed by atoms with E-state index in [1.54, 1.807) is 0 Å². The average molecular weight is 177 g/mol. The number of halogens is 1. The van der Waals surface area contributed by atoms with E-state index in [1.807, 2.05) is 36.4 Å². The third-order valence-corrected chi connectivity index (χ3v) is 1.86. The van der Waals surface area contributed by atoms with Crippen molar-refractivity contribution in [1.82, 2.24) is 0 Å². The van der Waals surface area contributed by atoms with Crippen molar-refractivity contribution in [1.29, 1.82) is 5.26 Å². The van der Waals surface area contributed by atoms with Crippen molar-refractivity contribution < 1.29 is 4.39 Å². The van der Waals surface area contributed by atoms with Gasteiger partial charge in [-0.3, -0.25) is 0 Å². The Balaban J connectivity index is 2.65. The Hall–Kier alpha value is -1.36. The molecule has 13 heavy (non-hydrogen) atoms. The van der Waals surface area contributed by atoms with Gasteiger partial charge in [-0.1, -0.05) is 30.3 Å². The van der Waals surface area contributed by atoms with E-state index in [0.29, 0.717) is 6.42 Å². The summed E-state index contributed by atoms with van der Waals surface area (Å²) in [5, 5.41) is 8.39. The van der Waals surface area contributed by atoms with E-state index in [4.69, 9.17) is 5.26 Å². The highest BCUT2D eigenvalue weighted by Gasteiger charge is 2.22. The molecule has 1 nitrogen and oxygen atoms in total. The molecule has 0 saturated heterocycles. The standard InChI is InChI=1S/C11H12FN/c1-11(12,7-8-13)9-10-5-3-2-4-6-10/h2-6H,7,9H2,1H3. The van der Waals surface area contributed by atoms with Crippen LogP contribution in [0.5, 0.6) is 0 Å². The topological polar surface area (TPSA) is 23.8 Å². The second kappa shape index (κ2) is 4.04. The van der Waals surface area contributed by atoms with Crippen LogP contribution in [0.3, 0.4) is 0 Å². The highest BCUT2D eigenvalue weighted by molar-refractivity contribution is 5.17. The second-order valence-electron chi connectivity index (χ2n) is 3.41. The molecule has 0 aliphatic rings. The minimum Gasteiger partial charge on any atom is -0.243 e. The molecule has 0 aliphatic heterocycles. The smallest absolute Gasteiger partial charge is 0.125 e. The van der Waals surface area contributed by atoms with Crippen LogP contribution in [0.2, 0.25) is 0 Å². The molecular formula is C11H12FN. The van der Waals surface area contributed by atoms with Crippen molar-refractivity contribution in [2.75, 3.05) is 0 Å². The Morgan fingerprint density at radius 1 is 1.38 bits per heavy atom. The van der Waals surface area contributed by atoms with Gasteiger partial charge in [-0.15, -0.1) is 0 Å². The molecule has 0 N–H and O–H groups in total. The maximum Gasteiger partial charge on any atom is 0.125 e. The van der Waals surface area contributed by atoms with Crippen LogP contribution in [0.15, 0.2) is 30.3 Å². The minimum absolute atomic E-state index is 0.0537. The van der Waals surface area contributed by atoms with Gasteiger partial charge in [0.05, 0.1) is 12.5 Å². The fourth-order valence-corrected chi connectivity index (χ4v) is 1.25. The fourth-order valence-electron chi connectivity index (χ4n) is 1.25. The summed E-state index contributed by atoms with van der Waals surface area (Å²) in [7, 11) is 0. The van der Waals surface area contributed by atoms with Crippen LogP contribution in [-0.2, 0) is 6.42 Å². The van der Waals surface area contributed by atoms with Crippen molar-refractivity contribution in [3.8, 4) is 6.07 Å². The molecule has 68 valence electrons. The van der Waals surface area contributed by atoms with Gasteiger partial charge in [-0.05, 0) is 12.5 Å². The van der Waals surface area contributed by atoms with E-state index >= 15 is 0 Å². The Bertz CT molecular complexity index is 298. The molecule has 1 aromatic carbocycles. The van der Waals surface area contributed by atoms with E-state index in [0.717, 1.165) is 5.56 Å². The van der Waals surface area contributed by atoms with E-state index in [-0.39, 0.29) is 6.42 Å². The Labute approximate surface area is 77.8 Å². The highest BCUT2D eigenvalue weighted by atomic mass is 19.1. The fraction of sp³-hybridized carbons (Fsp3) is 0.364. The molecule has 0 amide bonds. The van der Waals surface area contributed by atoms with E-state index in [1.165, 1.54) is 6.92 Å². The second-order valence-corrected chi connectivity index (χ2v) is 3.41. The number of nitrogens with zero attached hydrogens (tertiary/aromatic N) is 1. The van der Waals surface area contributed by atoms with Crippen molar-refractivity contribution in [3.63, 3.8) is 0 Å². The zero-order valence-electron chi connectivity index (χ0n) is 7.63. The van der Waals surface area contributed by atoms with Gasteiger partial charge in [0.25, 0.3) is 0 Å². The van der Waals surface area contributed by atoms with Crippen LogP contribution in [0.4, 0.5) is 4.39 Å². The Kier molecular flexibility index (Phi) is 3.02. The molecular weight excluding hydrogens is 165 g/mol. The maximum atomic E-state index is 13.6. The normalized spacial score (nSPS) is 14.5. The van der Waals surface area contributed by atoms with Gasteiger partial charge in [0.1, 0.15) is 5.67 Å². The third kappa shape index (κ3) is 3.25. The number of hydrogen-bond donors (Lipinski definition) is 0. The van der Waals surface area contributed by atoms with Crippen LogP contribution in [-0.4, -0.2) is 5.67 Å². The quantitative estimate of drug-likeness (QED) is 0.696. The molecule has 2 heteroatoms. The van der Waals surface area contributed by atoms with Crippen LogP contribution < -0.4 is 0 Å². The van der Waals surface area contributed by atoms with Gasteiger partial charge in [0.15, 0.2) is 0 Å². The van der Waals surface area contributed by atoms with E-state index < -0.39 is 5.67 Å². The summed E-state index contributed by atoms with van der Waals surface area (Å²) in [5.74, 6) is 0. The SMILES string of the molecule is CC(F)(CC#N)Cc1ccccc1. The van der Waals surface area contributed by atoms with Crippen LogP contribution in [0.25, 0.3) is 0 Å². The molecule has 1 atom stereocenters. The zero-order valence-corrected chi connectivity index (χ0v) is 7.63. The zero-order chi connectivity index (χ0) is 9.73. The van der Waals surface area contributed by atoms with Crippen LogP contribution in [0, 0.1) is 11.3 Å². The molecule has 0 spiro atoms. The lowest BCUT2D eigenvalue weighted by molar-refractivity contribution is 0.196. The van der Waals surface area contributed by atoms with Crippen molar-refractivity contribution in [2.45, 2.75) is 25.4 Å². The molecule has 0 fully saturated rings. The number of hydrogen-bond acceptors (Lipinski definition) is 1. The Morgan fingerprint density at radius 3 is 2.54 bits per heavy atom. The lowest BCUT2D eigenvalue weighted by Crippen LogP contribution is -2.20. The monoisotopic (exact) mass is 177 g/mol. The molecule has 1 aromatic rings. The Morgan fingerprint density at radius 2 is 2.00 bits per heavy atom. The first-order chi connectivity index (χ1) is 6.14. The molecule has 0 heterocycles. The summed E-state index contributed by atoms with van der Waals surface area (Å²) in [6.07, 6.45) is 0.253. The summed E-state index contributed by atoms with van der Waals surface area (Å²) >= 11 is 0. The maximum absolute atomic E-state index is 13.6. The largest absolute Gasteiger partial charge is 0.243 e. The van der Waals surface area contributed by atoms with E-state index in [2.05, 4.69) is 0 Å². The molecule has 1 rings (SSSR count). The molecule has 0 aromatic heterocycles. The van der Waals surface area contributed by atoms with Gasteiger partial charge < -0.3 is 0 Å². The first kappa shape index (κ1) is 9.73. The molecule has 1 unspecified atom stereocenters. The molecule has 0 radical (unpaired) electrons. The number of benzene rings is 1. The van der Waals surface area contributed by atoms with E-state index in [9.17, 15) is 4.39 Å². The van der Waals surface area contributed by atoms with Crippen molar-refractivity contribution >= 4 is 0 Å². The summed E-state index contributed by atoms with van der Waals surface area (Å²) in [6.45, 7) is 1.46. The van der Waals surface area contributed by atoms with Gasteiger partial charge in [-0.2, -0.15) is 5.26 Å². The van der Waals surface area contributed by atoms with Crippen LogP contribution in [0.1, 0.15) is 18.9 Å². The molecule has 0 saturated carbocycles. The predicted octanol–water partition coefficient (Wildman–Crippen LogP) is 2.87. The van der Waals surface area contributed by atoms with Gasteiger partial charge >= 0.3 is 0 Å².